The van der Waals surface area contributed by atoms with Gasteiger partial charge in [0.2, 0.25) is 0 Å². The molecule has 1 aromatic carbocycles. The van der Waals surface area contributed by atoms with Crippen LogP contribution in [0.25, 0.3) is 21.5 Å². The quantitative estimate of drug-likeness (QED) is 0.719. The van der Waals surface area contributed by atoms with Crippen molar-refractivity contribution >= 4 is 28.2 Å². The molecule has 0 saturated carbocycles. The molecule has 0 aliphatic carbocycles. The number of hydrogen-bond donors (Lipinski definition) is 1. The van der Waals surface area contributed by atoms with E-state index in [1.807, 2.05) is 30.5 Å². The molecule has 7 heteroatoms. The second-order valence-electron chi connectivity index (χ2n) is 7.21. The van der Waals surface area contributed by atoms with Gasteiger partial charge in [0, 0.05) is 28.6 Å². The minimum absolute atomic E-state index is 0.0125. The fourth-order valence-electron chi connectivity index (χ4n) is 4.03. The number of fused-ring (bicyclic) bond motifs is 4. The second kappa shape index (κ2) is 6.17. The fraction of sp³-hybridized carbons (Fsp3) is 0.421. The summed E-state index contributed by atoms with van der Waals surface area (Å²) in [5.74, 6) is 0.158. The Morgan fingerprint density at radius 3 is 2.88 bits per heavy atom. The zero-order valence-electron chi connectivity index (χ0n) is 14.6. The minimum atomic E-state index is -0.331. The molecule has 3 aliphatic heterocycles. The number of ether oxygens (including phenoxy) is 1. The van der Waals surface area contributed by atoms with Gasteiger partial charge in [-0.15, -0.1) is 11.3 Å². The molecule has 5 heterocycles. The molecule has 0 spiro atoms. The number of nitrogens with one attached hydrogen (secondary N) is 1. The van der Waals surface area contributed by atoms with E-state index >= 15 is 0 Å². The summed E-state index contributed by atoms with van der Waals surface area (Å²) in [5.41, 5.74) is 3.20. The van der Waals surface area contributed by atoms with Gasteiger partial charge in [-0.1, -0.05) is 0 Å². The van der Waals surface area contributed by atoms with Crippen molar-refractivity contribution in [3.8, 4) is 10.6 Å². The Morgan fingerprint density at radius 1 is 1.35 bits per heavy atom. The highest BCUT2D eigenvalue weighted by Gasteiger charge is 2.37. The van der Waals surface area contributed by atoms with Crippen molar-refractivity contribution in [1.29, 1.82) is 0 Å². The molecule has 3 fully saturated rings. The lowest BCUT2D eigenvalue weighted by Crippen LogP contribution is -2.51. The zero-order valence-corrected chi connectivity index (χ0v) is 15.4. The molecule has 134 valence electrons. The van der Waals surface area contributed by atoms with E-state index in [0.29, 0.717) is 11.6 Å². The summed E-state index contributed by atoms with van der Waals surface area (Å²) in [7, 11) is 0. The number of H-pyrrole nitrogens is 1. The van der Waals surface area contributed by atoms with Gasteiger partial charge in [0.1, 0.15) is 11.1 Å². The predicted molar refractivity (Wildman–Crippen MR) is 100 cm³/mol. The highest BCUT2D eigenvalue weighted by Crippen LogP contribution is 2.31. The first-order valence-corrected chi connectivity index (χ1v) is 9.89. The Bertz CT molecular complexity index is 971. The van der Waals surface area contributed by atoms with Crippen LogP contribution in [0.2, 0.25) is 0 Å². The Labute approximate surface area is 155 Å². The lowest BCUT2D eigenvalue weighted by atomic mass is 9.86. The molecule has 3 aromatic rings. The van der Waals surface area contributed by atoms with Crippen molar-refractivity contribution < 1.29 is 9.53 Å². The number of hydrogen-bond acceptors (Lipinski definition) is 6. The SMILES string of the molecule is Cc1csc(-c2ccc3[nH]nc(C(=O)O[C@H]4CN5CCC4CC5)c3c2)n1. The Kier molecular flexibility index (Phi) is 3.79. The summed E-state index contributed by atoms with van der Waals surface area (Å²) in [6.45, 7) is 5.08. The monoisotopic (exact) mass is 368 g/mol. The number of rotatable bonds is 3. The lowest BCUT2D eigenvalue weighted by Gasteiger charge is -2.43. The number of carbonyl (C=O) groups is 1. The molecule has 3 aliphatic rings. The van der Waals surface area contributed by atoms with Crippen LogP contribution in [0.1, 0.15) is 29.0 Å². The fourth-order valence-corrected chi connectivity index (χ4v) is 4.82. The average Bonchev–Trinajstić information content (AvgIpc) is 3.28. The number of aryl methyl sites for hydroxylation is 1. The van der Waals surface area contributed by atoms with E-state index in [0.717, 1.165) is 59.6 Å². The van der Waals surface area contributed by atoms with Crippen molar-refractivity contribution in [2.24, 2.45) is 5.92 Å². The number of aromatic amines is 1. The first-order valence-electron chi connectivity index (χ1n) is 9.01. The number of nitrogens with zero attached hydrogens (tertiary/aromatic N) is 3. The van der Waals surface area contributed by atoms with Gasteiger partial charge in [-0.2, -0.15) is 5.10 Å². The van der Waals surface area contributed by atoms with Crippen LogP contribution in [0.3, 0.4) is 0 Å². The smallest absolute Gasteiger partial charge is 0.359 e. The maximum absolute atomic E-state index is 12.8. The predicted octanol–water partition coefficient (Wildman–Crippen LogP) is 3.25. The van der Waals surface area contributed by atoms with Gasteiger partial charge < -0.3 is 4.74 Å². The van der Waals surface area contributed by atoms with Crippen LogP contribution in [0, 0.1) is 12.8 Å². The molecule has 0 radical (unpaired) electrons. The highest BCUT2D eigenvalue weighted by molar-refractivity contribution is 7.13. The summed E-state index contributed by atoms with van der Waals surface area (Å²) in [6, 6.07) is 5.92. The summed E-state index contributed by atoms with van der Waals surface area (Å²) in [6.07, 6.45) is 2.22. The molecule has 26 heavy (non-hydrogen) atoms. The molecule has 1 N–H and O–H groups in total. The van der Waals surface area contributed by atoms with E-state index < -0.39 is 0 Å². The number of benzene rings is 1. The van der Waals surface area contributed by atoms with Crippen LogP contribution < -0.4 is 0 Å². The largest absolute Gasteiger partial charge is 0.456 e. The summed E-state index contributed by atoms with van der Waals surface area (Å²) < 4.78 is 5.85. The molecule has 0 amide bonds. The molecule has 6 rings (SSSR count). The Hall–Kier alpha value is -2.25. The van der Waals surface area contributed by atoms with Crippen molar-refractivity contribution in [3.63, 3.8) is 0 Å². The van der Waals surface area contributed by atoms with Crippen LogP contribution in [-0.2, 0) is 4.74 Å². The normalized spacial score (nSPS) is 24.9. The van der Waals surface area contributed by atoms with E-state index in [1.165, 1.54) is 0 Å². The molecule has 3 saturated heterocycles. The molecular formula is C19H20N4O2S. The van der Waals surface area contributed by atoms with Crippen LogP contribution in [0.4, 0.5) is 0 Å². The summed E-state index contributed by atoms with van der Waals surface area (Å²) in [4.78, 5) is 19.7. The molecule has 1 atom stereocenters. The third-order valence-corrected chi connectivity index (χ3v) is 6.49. The van der Waals surface area contributed by atoms with E-state index in [2.05, 4.69) is 20.1 Å². The van der Waals surface area contributed by atoms with E-state index in [1.54, 1.807) is 11.3 Å². The topological polar surface area (TPSA) is 71.1 Å². The number of carbonyl (C=O) groups excluding carboxylic acids is 1. The molecule has 6 nitrogen and oxygen atoms in total. The standard InChI is InChI=1S/C19H20N4O2S/c1-11-10-26-18(20-11)13-2-3-15-14(8-13)17(22-21-15)19(24)25-16-9-23-6-4-12(16)5-7-23/h2-3,8,10,12,16H,4-7,9H2,1H3,(H,21,22)/t16-/m0/s1. The first-order chi connectivity index (χ1) is 12.7. The van der Waals surface area contributed by atoms with Gasteiger partial charge in [-0.05, 0) is 57.0 Å². The average molecular weight is 368 g/mol. The van der Waals surface area contributed by atoms with Gasteiger partial charge in [0.25, 0.3) is 0 Å². The van der Waals surface area contributed by atoms with E-state index in [-0.39, 0.29) is 12.1 Å². The third kappa shape index (κ3) is 2.71. The lowest BCUT2D eigenvalue weighted by molar-refractivity contribution is -0.0458. The molecule has 2 aromatic heterocycles. The Balaban J connectivity index is 1.43. The molecule has 2 bridgehead atoms. The maximum Gasteiger partial charge on any atom is 0.359 e. The van der Waals surface area contributed by atoms with Crippen molar-refractivity contribution in [2.45, 2.75) is 25.9 Å². The minimum Gasteiger partial charge on any atom is -0.456 e. The second-order valence-corrected chi connectivity index (χ2v) is 8.07. The molecule has 0 unspecified atom stereocenters. The van der Waals surface area contributed by atoms with Crippen molar-refractivity contribution in [1.82, 2.24) is 20.1 Å². The van der Waals surface area contributed by atoms with Crippen LogP contribution in [-0.4, -0.2) is 51.8 Å². The number of piperidine rings is 3. The van der Waals surface area contributed by atoms with Crippen molar-refractivity contribution in [2.75, 3.05) is 19.6 Å². The first kappa shape index (κ1) is 16.0. The number of esters is 1. The number of aromatic nitrogens is 3. The van der Waals surface area contributed by atoms with Crippen LogP contribution >= 0.6 is 11.3 Å². The van der Waals surface area contributed by atoms with Gasteiger partial charge in [-0.25, -0.2) is 9.78 Å². The molecular weight excluding hydrogens is 348 g/mol. The van der Waals surface area contributed by atoms with Gasteiger partial charge >= 0.3 is 5.97 Å². The van der Waals surface area contributed by atoms with Gasteiger partial charge in [0.05, 0.1) is 5.52 Å². The van der Waals surface area contributed by atoms with Crippen LogP contribution in [0.15, 0.2) is 23.6 Å². The zero-order chi connectivity index (χ0) is 17.7. The van der Waals surface area contributed by atoms with E-state index in [9.17, 15) is 4.79 Å². The summed E-state index contributed by atoms with van der Waals surface area (Å²) >= 11 is 1.60. The third-order valence-electron chi connectivity index (χ3n) is 5.48. The highest BCUT2D eigenvalue weighted by atomic mass is 32.1. The van der Waals surface area contributed by atoms with Crippen molar-refractivity contribution in [3.05, 3.63) is 35.0 Å². The van der Waals surface area contributed by atoms with E-state index in [4.69, 9.17) is 4.74 Å². The Morgan fingerprint density at radius 2 is 2.19 bits per heavy atom. The van der Waals surface area contributed by atoms with Crippen LogP contribution in [0.5, 0.6) is 0 Å². The van der Waals surface area contributed by atoms with Gasteiger partial charge in [-0.3, -0.25) is 10.00 Å². The maximum atomic E-state index is 12.8. The number of thiazole rings is 1. The summed E-state index contributed by atoms with van der Waals surface area (Å²) in [5, 5.41) is 10.9. The van der Waals surface area contributed by atoms with Gasteiger partial charge in [0.15, 0.2) is 5.69 Å².